The summed E-state index contributed by atoms with van der Waals surface area (Å²) in [7, 11) is 0. The van der Waals surface area contributed by atoms with Crippen molar-refractivity contribution in [3.8, 4) is 11.5 Å². The predicted octanol–water partition coefficient (Wildman–Crippen LogP) is 4.46. The molecule has 0 amide bonds. The molecule has 0 radical (unpaired) electrons. The molecule has 2 aliphatic rings. The van der Waals surface area contributed by atoms with Gasteiger partial charge in [0.05, 0.1) is 11.7 Å². The first-order valence-electron chi connectivity index (χ1n) is 9.04. The number of fused-ring (bicyclic) bond motifs is 2. The zero-order valence-electron chi connectivity index (χ0n) is 15.7. The van der Waals surface area contributed by atoms with Crippen LogP contribution in [0, 0.1) is 0 Å². The lowest BCUT2D eigenvalue weighted by Crippen LogP contribution is -2.44. The smallest absolute Gasteiger partial charge is 0.400 e. The van der Waals surface area contributed by atoms with Crippen molar-refractivity contribution < 1.29 is 23.7 Å². The SMILES string of the molecule is CC(=O)O[C@@]12Oc3cc(OCc4ccccc4)ccc3C(C)=C1C[C@H](C)O2. The minimum atomic E-state index is -1.47. The average molecular weight is 366 g/mol. The molecule has 5 heteroatoms. The van der Waals surface area contributed by atoms with E-state index in [9.17, 15) is 4.79 Å². The van der Waals surface area contributed by atoms with E-state index in [0.29, 0.717) is 24.5 Å². The molecule has 2 aromatic carbocycles. The molecule has 140 valence electrons. The Balaban J connectivity index is 1.63. The van der Waals surface area contributed by atoms with Gasteiger partial charge in [-0.25, -0.2) is 0 Å². The molecule has 0 aromatic heterocycles. The number of esters is 1. The Labute approximate surface area is 158 Å². The van der Waals surface area contributed by atoms with Crippen LogP contribution in [0.5, 0.6) is 11.5 Å². The largest absolute Gasteiger partial charge is 0.489 e. The molecule has 0 unspecified atom stereocenters. The molecule has 5 nitrogen and oxygen atoms in total. The summed E-state index contributed by atoms with van der Waals surface area (Å²) in [5, 5.41) is 0. The number of carbonyl (C=O) groups excluding carboxylic acids is 1. The third-order valence-corrected chi connectivity index (χ3v) is 4.80. The Morgan fingerprint density at radius 3 is 2.74 bits per heavy atom. The van der Waals surface area contributed by atoms with Gasteiger partial charge in [0.1, 0.15) is 18.1 Å². The van der Waals surface area contributed by atoms with Gasteiger partial charge in [-0.15, -0.1) is 0 Å². The zero-order chi connectivity index (χ0) is 19.0. The van der Waals surface area contributed by atoms with Crippen molar-refractivity contribution in [2.45, 2.75) is 45.9 Å². The molecule has 2 heterocycles. The van der Waals surface area contributed by atoms with Crippen LogP contribution in [0.25, 0.3) is 5.57 Å². The normalized spacial score (nSPS) is 23.3. The van der Waals surface area contributed by atoms with Gasteiger partial charge in [-0.3, -0.25) is 4.79 Å². The summed E-state index contributed by atoms with van der Waals surface area (Å²) in [4.78, 5) is 11.7. The molecule has 4 rings (SSSR count). The van der Waals surface area contributed by atoms with Crippen LogP contribution < -0.4 is 9.47 Å². The van der Waals surface area contributed by atoms with Crippen molar-refractivity contribution in [2.24, 2.45) is 0 Å². The molecular weight excluding hydrogens is 344 g/mol. The van der Waals surface area contributed by atoms with Crippen LogP contribution in [-0.4, -0.2) is 18.0 Å². The summed E-state index contributed by atoms with van der Waals surface area (Å²) in [5.74, 6) is -0.662. The molecule has 1 saturated heterocycles. The fourth-order valence-corrected chi connectivity index (χ4v) is 3.59. The van der Waals surface area contributed by atoms with Gasteiger partial charge in [0.2, 0.25) is 0 Å². The lowest BCUT2D eigenvalue weighted by molar-refractivity contribution is -0.295. The molecule has 2 atom stereocenters. The summed E-state index contributed by atoms with van der Waals surface area (Å²) in [5.41, 5.74) is 3.91. The van der Waals surface area contributed by atoms with Gasteiger partial charge >= 0.3 is 11.9 Å². The Morgan fingerprint density at radius 2 is 2.00 bits per heavy atom. The lowest BCUT2D eigenvalue weighted by Gasteiger charge is -2.34. The topological polar surface area (TPSA) is 54.0 Å². The average Bonchev–Trinajstić information content (AvgIpc) is 2.96. The van der Waals surface area contributed by atoms with Crippen LogP contribution in [0.3, 0.4) is 0 Å². The van der Waals surface area contributed by atoms with Gasteiger partial charge in [0.15, 0.2) is 0 Å². The number of carbonyl (C=O) groups is 1. The summed E-state index contributed by atoms with van der Waals surface area (Å²) < 4.78 is 23.4. The van der Waals surface area contributed by atoms with E-state index in [4.69, 9.17) is 18.9 Å². The minimum absolute atomic E-state index is 0.0996. The second kappa shape index (κ2) is 6.74. The molecular formula is C22H22O5. The third-order valence-electron chi connectivity index (χ3n) is 4.80. The highest BCUT2D eigenvalue weighted by molar-refractivity contribution is 5.77. The molecule has 0 saturated carbocycles. The van der Waals surface area contributed by atoms with Gasteiger partial charge < -0.3 is 18.9 Å². The van der Waals surface area contributed by atoms with Crippen molar-refractivity contribution in [1.82, 2.24) is 0 Å². The van der Waals surface area contributed by atoms with Crippen LogP contribution in [0.1, 0.15) is 38.3 Å². The Kier molecular flexibility index (Phi) is 4.40. The van der Waals surface area contributed by atoms with Gasteiger partial charge in [-0.2, -0.15) is 0 Å². The maximum atomic E-state index is 11.7. The summed E-state index contributed by atoms with van der Waals surface area (Å²) in [6, 6.07) is 15.7. The van der Waals surface area contributed by atoms with E-state index in [1.807, 2.05) is 62.4 Å². The van der Waals surface area contributed by atoms with Crippen LogP contribution in [0.4, 0.5) is 0 Å². The van der Waals surface area contributed by atoms with E-state index in [0.717, 1.165) is 22.3 Å². The summed E-state index contributed by atoms with van der Waals surface area (Å²) in [6.45, 7) is 5.75. The van der Waals surface area contributed by atoms with Gasteiger partial charge in [0, 0.05) is 25.0 Å². The Morgan fingerprint density at radius 1 is 1.22 bits per heavy atom. The highest BCUT2D eigenvalue weighted by Gasteiger charge is 2.53. The van der Waals surface area contributed by atoms with Crippen LogP contribution in [-0.2, 0) is 20.9 Å². The van der Waals surface area contributed by atoms with Gasteiger partial charge in [-0.05, 0) is 37.1 Å². The molecule has 1 fully saturated rings. The Hall–Kier alpha value is -2.79. The van der Waals surface area contributed by atoms with Gasteiger partial charge in [-0.1, -0.05) is 30.3 Å². The Bertz CT molecular complexity index is 902. The molecule has 2 aromatic rings. The van der Waals surface area contributed by atoms with E-state index in [1.54, 1.807) is 0 Å². The number of benzene rings is 2. The maximum Gasteiger partial charge on any atom is 0.400 e. The fraction of sp³-hybridized carbons (Fsp3) is 0.318. The summed E-state index contributed by atoms with van der Waals surface area (Å²) >= 11 is 0. The van der Waals surface area contributed by atoms with E-state index >= 15 is 0 Å². The second-order valence-electron chi connectivity index (χ2n) is 6.92. The van der Waals surface area contributed by atoms with Crippen molar-refractivity contribution in [2.75, 3.05) is 0 Å². The number of rotatable bonds is 4. The van der Waals surface area contributed by atoms with Crippen molar-refractivity contribution in [3.05, 3.63) is 65.2 Å². The number of hydrogen-bond donors (Lipinski definition) is 0. The second-order valence-corrected chi connectivity index (χ2v) is 6.92. The molecule has 2 aliphatic heterocycles. The van der Waals surface area contributed by atoms with Crippen molar-refractivity contribution in [3.63, 3.8) is 0 Å². The fourth-order valence-electron chi connectivity index (χ4n) is 3.59. The first-order chi connectivity index (χ1) is 13.0. The summed E-state index contributed by atoms with van der Waals surface area (Å²) in [6.07, 6.45) is 0.558. The molecule has 0 bridgehead atoms. The number of ether oxygens (including phenoxy) is 4. The van der Waals surface area contributed by atoms with Crippen LogP contribution in [0.2, 0.25) is 0 Å². The van der Waals surface area contributed by atoms with Crippen LogP contribution >= 0.6 is 0 Å². The first-order valence-corrected chi connectivity index (χ1v) is 9.04. The zero-order valence-corrected chi connectivity index (χ0v) is 15.7. The lowest BCUT2D eigenvalue weighted by atomic mass is 9.94. The molecule has 27 heavy (non-hydrogen) atoms. The highest BCUT2D eigenvalue weighted by atomic mass is 16.9. The van der Waals surface area contributed by atoms with E-state index in [-0.39, 0.29) is 6.10 Å². The monoisotopic (exact) mass is 366 g/mol. The number of allylic oxidation sites excluding steroid dienone is 1. The van der Waals surface area contributed by atoms with E-state index < -0.39 is 11.9 Å². The predicted molar refractivity (Wildman–Crippen MR) is 100 cm³/mol. The minimum Gasteiger partial charge on any atom is -0.489 e. The quantitative estimate of drug-likeness (QED) is 0.748. The van der Waals surface area contributed by atoms with Crippen molar-refractivity contribution >= 4 is 11.5 Å². The van der Waals surface area contributed by atoms with E-state index in [2.05, 4.69) is 0 Å². The molecule has 0 aliphatic carbocycles. The van der Waals surface area contributed by atoms with Gasteiger partial charge in [0.25, 0.3) is 0 Å². The number of hydrogen-bond acceptors (Lipinski definition) is 5. The highest BCUT2D eigenvalue weighted by Crippen LogP contribution is 2.49. The van der Waals surface area contributed by atoms with Crippen molar-refractivity contribution in [1.29, 1.82) is 0 Å². The third kappa shape index (κ3) is 3.30. The van der Waals surface area contributed by atoms with E-state index in [1.165, 1.54) is 6.92 Å². The first kappa shape index (κ1) is 17.6. The standard InChI is InChI=1S/C22H22O5/c1-14-11-20-15(2)19-10-9-18(24-13-17-7-5-4-6-8-17)12-21(19)27-22(20,25-14)26-16(3)23/h4-10,12,14H,11,13H2,1-3H3/t14-,22+/m0/s1. The molecule has 0 spiro atoms. The molecule has 0 N–H and O–H groups in total. The maximum absolute atomic E-state index is 11.7. The van der Waals surface area contributed by atoms with Crippen LogP contribution in [0.15, 0.2) is 54.1 Å².